The Hall–Kier alpha value is -3.64. The standard InChI is InChI=1S/C32H26/c1-32(2,3)23-19-17-22(18-20-23)29-25-14-8-10-16-27(25)30-28(21-11-5-4-6-12-21)24-13-7-9-15-26(24)31(29)30/h4-20H,1-3H3. The van der Waals surface area contributed by atoms with Gasteiger partial charge in [-0.3, -0.25) is 0 Å². The van der Waals surface area contributed by atoms with E-state index in [4.69, 9.17) is 0 Å². The quantitative estimate of drug-likeness (QED) is 0.312. The molecule has 2 aliphatic carbocycles. The van der Waals surface area contributed by atoms with Gasteiger partial charge in [-0.2, -0.15) is 0 Å². The second kappa shape index (κ2) is 6.93. The Labute approximate surface area is 190 Å². The molecule has 6 rings (SSSR count). The third-order valence-electron chi connectivity index (χ3n) is 6.78. The van der Waals surface area contributed by atoms with E-state index in [9.17, 15) is 0 Å². The fraction of sp³-hybridized carbons (Fsp3) is 0.125. The van der Waals surface area contributed by atoms with Crippen LogP contribution in [0.15, 0.2) is 103 Å². The zero-order chi connectivity index (χ0) is 21.9. The topological polar surface area (TPSA) is 0 Å². The van der Waals surface area contributed by atoms with Crippen molar-refractivity contribution in [1.29, 1.82) is 0 Å². The van der Waals surface area contributed by atoms with Crippen LogP contribution in [0.2, 0.25) is 0 Å². The lowest BCUT2D eigenvalue weighted by Crippen LogP contribution is -2.10. The summed E-state index contributed by atoms with van der Waals surface area (Å²) in [5, 5.41) is 0. The fourth-order valence-corrected chi connectivity index (χ4v) is 5.24. The number of hydrogen-bond acceptors (Lipinski definition) is 0. The summed E-state index contributed by atoms with van der Waals surface area (Å²) < 4.78 is 0. The number of allylic oxidation sites excluding steroid dienone is 2. The highest BCUT2D eigenvalue weighted by atomic mass is 14.4. The number of benzene rings is 4. The summed E-state index contributed by atoms with van der Waals surface area (Å²) in [4.78, 5) is 0. The molecule has 0 aliphatic heterocycles. The highest BCUT2D eigenvalue weighted by Gasteiger charge is 2.37. The predicted molar refractivity (Wildman–Crippen MR) is 136 cm³/mol. The Balaban J connectivity index is 1.68. The molecular formula is C32H26. The van der Waals surface area contributed by atoms with Crippen LogP contribution in [0.1, 0.15) is 59.7 Å². The van der Waals surface area contributed by atoms with Crippen molar-refractivity contribution in [2.24, 2.45) is 0 Å². The van der Waals surface area contributed by atoms with Gasteiger partial charge in [0.15, 0.2) is 0 Å². The third-order valence-corrected chi connectivity index (χ3v) is 6.78. The molecule has 2 aliphatic rings. The Morgan fingerprint density at radius 3 is 1.19 bits per heavy atom. The Morgan fingerprint density at radius 2 is 0.750 bits per heavy atom. The number of hydrogen-bond donors (Lipinski definition) is 0. The van der Waals surface area contributed by atoms with E-state index in [-0.39, 0.29) is 5.41 Å². The van der Waals surface area contributed by atoms with Crippen molar-refractivity contribution in [3.8, 4) is 0 Å². The van der Waals surface area contributed by atoms with Crippen LogP contribution in [-0.2, 0) is 5.41 Å². The molecule has 154 valence electrons. The van der Waals surface area contributed by atoms with Crippen molar-refractivity contribution in [2.45, 2.75) is 26.2 Å². The molecule has 0 amide bonds. The smallest absolute Gasteiger partial charge is 0.000763 e. The van der Waals surface area contributed by atoms with Crippen molar-refractivity contribution < 1.29 is 0 Å². The highest BCUT2D eigenvalue weighted by Crippen LogP contribution is 2.58. The van der Waals surface area contributed by atoms with E-state index in [0.29, 0.717) is 0 Å². The summed E-state index contributed by atoms with van der Waals surface area (Å²) in [6, 6.07) is 37.9. The van der Waals surface area contributed by atoms with Gasteiger partial charge < -0.3 is 0 Å². The molecule has 0 heteroatoms. The molecule has 32 heavy (non-hydrogen) atoms. The van der Waals surface area contributed by atoms with E-state index in [1.54, 1.807) is 0 Å². The van der Waals surface area contributed by atoms with Gasteiger partial charge in [0.2, 0.25) is 0 Å². The van der Waals surface area contributed by atoms with Gasteiger partial charge in [-0.15, -0.1) is 0 Å². The van der Waals surface area contributed by atoms with Crippen molar-refractivity contribution in [1.82, 2.24) is 0 Å². The molecule has 0 spiro atoms. The van der Waals surface area contributed by atoms with Crippen LogP contribution >= 0.6 is 0 Å². The molecule has 0 saturated carbocycles. The lowest BCUT2D eigenvalue weighted by Gasteiger charge is -2.19. The van der Waals surface area contributed by atoms with Gasteiger partial charge in [0, 0.05) is 0 Å². The molecule has 0 aromatic heterocycles. The van der Waals surface area contributed by atoms with Crippen molar-refractivity contribution in [3.63, 3.8) is 0 Å². The van der Waals surface area contributed by atoms with Crippen LogP contribution in [0.4, 0.5) is 0 Å². The predicted octanol–water partition coefficient (Wildman–Crippen LogP) is 8.23. The van der Waals surface area contributed by atoms with Gasteiger partial charge in [0.1, 0.15) is 0 Å². The minimum absolute atomic E-state index is 0.148. The maximum Gasteiger partial charge on any atom is -0.000763 e. The van der Waals surface area contributed by atoms with Crippen molar-refractivity contribution in [2.75, 3.05) is 0 Å². The molecule has 0 unspecified atom stereocenters. The summed E-state index contributed by atoms with van der Waals surface area (Å²) in [5.74, 6) is 0. The Kier molecular flexibility index (Phi) is 4.13. The summed E-state index contributed by atoms with van der Waals surface area (Å²) in [6.07, 6.45) is 0. The van der Waals surface area contributed by atoms with Crippen LogP contribution in [0, 0.1) is 0 Å². The molecule has 0 saturated heterocycles. The number of rotatable bonds is 2. The SMILES string of the molecule is CC(C)(C)c1ccc(C2=C3C(=C(c4ccccc4)c4ccccc43)c3ccccc32)cc1. The number of fused-ring (bicyclic) bond motifs is 5. The summed E-state index contributed by atoms with van der Waals surface area (Å²) in [5.41, 5.74) is 14.9. The van der Waals surface area contributed by atoms with Crippen LogP contribution in [0.5, 0.6) is 0 Å². The lowest BCUT2D eigenvalue weighted by atomic mass is 9.85. The van der Waals surface area contributed by atoms with Crippen LogP contribution < -0.4 is 0 Å². The zero-order valence-corrected chi connectivity index (χ0v) is 18.8. The summed E-state index contributed by atoms with van der Waals surface area (Å²) in [6.45, 7) is 6.82. The normalized spacial score (nSPS) is 14.5. The van der Waals surface area contributed by atoms with Gasteiger partial charge in [-0.1, -0.05) is 124 Å². The Bertz CT molecular complexity index is 1410. The molecule has 0 N–H and O–H groups in total. The average Bonchev–Trinajstić information content (AvgIpc) is 3.32. The van der Waals surface area contributed by atoms with Gasteiger partial charge in [-0.05, 0) is 66.7 Å². The minimum atomic E-state index is 0.148. The average molecular weight is 411 g/mol. The summed E-state index contributed by atoms with van der Waals surface area (Å²) >= 11 is 0. The van der Waals surface area contributed by atoms with Gasteiger partial charge in [0.05, 0.1) is 0 Å². The first-order valence-electron chi connectivity index (χ1n) is 11.4. The van der Waals surface area contributed by atoms with E-state index < -0.39 is 0 Å². The van der Waals surface area contributed by atoms with E-state index in [2.05, 4.69) is 124 Å². The molecule has 4 aromatic rings. The zero-order valence-electron chi connectivity index (χ0n) is 18.8. The minimum Gasteiger partial charge on any atom is -0.0622 e. The maximum atomic E-state index is 2.31. The van der Waals surface area contributed by atoms with Crippen LogP contribution in [0.25, 0.3) is 22.3 Å². The van der Waals surface area contributed by atoms with E-state index in [0.717, 1.165) is 0 Å². The maximum absolute atomic E-state index is 2.31. The molecule has 0 nitrogen and oxygen atoms in total. The molecule has 0 heterocycles. The van der Waals surface area contributed by atoms with Gasteiger partial charge in [0.25, 0.3) is 0 Å². The lowest BCUT2D eigenvalue weighted by molar-refractivity contribution is 0.590. The fourth-order valence-electron chi connectivity index (χ4n) is 5.24. The first-order valence-corrected chi connectivity index (χ1v) is 11.4. The second-order valence-corrected chi connectivity index (χ2v) is 9.78. The van der Waals surface area contributed by atoms with E-state index in [1.165, 1.54) is 61.2 Å². The monoisotopic (exact) mass is 410 g/mol. The van der Waals surface area contributed by atoms with E-state index in [1.807, 2.05) is 0 Å². The Morgan fingerprint density at radius 1 is 0.375 bits per heavy atom. The highest BCUT2D eigenvalue weighted by molar-refractivity contribution is 6.35. The first-order chi connectivity index (χ1) is 15.5. The molecular weight excluding hydrogens is 384 g/mol. The van der Waals surface area contributed by atoms with E-state index >= 15 is 0 Å². The molecule has 0 fully saturated rings. The largest absolute Gasteiger partial charge is 0.0622 e. The third kappa shape index (κ3) is 2.76. The van der Waals surface area contributed by atoms with Crippen LogP contribution in [0.3, 0.4) is 0 Å². The van der Waals surface area contributed by atoms with Crippen molar-refractivity contribution >= 4 is 22.3 Å². The second-order valence-electron chi connectivity index (χ2n) is 9.78. The molecule has 0 bridgehead atoms. The van der Waals surface area contributed by atoms with Gasteiger partial charge in [-0.25, -0.2) is 0 Å². The molecule has 0 radical (unpaired) electrons. The molecule has 4 aromatic carbocycles. The van der Waals surface area contributed by atoms with Gasteiger partial charge >= 0.3 is 0 Å². The first kappa shape index (κ1) is 19.1. The summed E-state index contributed by atoms with van der Waals surface area (Å²) in [7, 11) is 0. The van der Waals surface area contributed by atoms with Crippen LogP contribution in [-0.4, -0.2) is 0 Å². The molecule has 0 atom stereocenters. The van der Waals surface area contributed by atoms with Crippen molar-refractivity contribution in [3.05, 3.63) is 142 Å².